The van der Waals surface area contributed by atoms with Crippen molar-refractivity contribution in [3.05, 3.63) is 29.8 Å². The number of fused-ring (bicyclic) bond motifs is 1. The molecule has 1 aromatic carbocycles. The van der Waals surface area contributed by atoms with Gasteiger partial charge >= 0.3 is 0 Å². The molecule has 2 heterocycles. The summed E-state index contributed by atoms with van der Waals surface area (Å²) < 4.78 is 32.7. The van der Waals surface area contributed by atoms with E-state index < -0.39 is 10.0 Å². The molecule has 0 aliphatic carbocycles. The molecule has 2 aliphatic rings. The van der Waals surface area contributed by atoms with Gasteiger partial charge < -0.3 is 10.1 Å². The Bertz CT molecular complexity index is 597. The topological polar surface area (TPSA) is 58.6 Å². The highest BCUT2D eigenvalue weighted by Crippen LogP contribution is 2.27. The molecule has 0 radical (unpaired) electrons. The first-order valence-electron chi connectivity index (χ1n) is 7.49. The van der Waals surface area contributed by atoms with Crippen LogP contribution in [0.25, 0.3) is 0 Å². The highest BCUT2D eigenvalue weighted by molar-refractivity contribution is 7.92. The van der Waals surface area contributed by atoms with Crippen molar-refractivity contribution in [2.75, 3.05) is 23.2 Å². The number of para-hydroxylation sites is 1. The fourth-order valence-corrected chi connectivity index (χ4v) is 4.80. The second-order valence-corrected chi connectivity index (χ2v) is 7.79. The first-order chi connectivity index (χ1) is 10.1. The Labute approximate surface area is 126 Å². The number of benzene rings is 1. The first kappa shape index (κ1) is 14.8. The second kappa shape index (κ2) is 5.94. The van der Waals surface area contributed by atoms with Crippen molar-refractivity contribution < 1.29 is 13.2 Å². The Morgan fingerprint density at radius 2 is 2.19 bits per heavy atom. The van der Waals surface area contributed by atoms with E-state index in [9.17, 15) is 8.42 Å². The quantitative estimate of drug-likeness (QED) is 0.919. The molecule has 1 N–H and O–H groups in total. The number of sulfonamides is 1. The number of nitrogens with zero attached hydrogens (tertiary/aromatic N) is 1. The lowest BCUT2D eigenvalue weighted by molar-refractivity contribution is 0.127. The minimum atomic E-state index is -3.37. The molecular weight excluding hydrogens is 288 g/mol. The molecule has 21 heavy (non-hydrogen) atoms. The molecule has 1 aromatic rings. The summed E-state index contributed by atoms with van der Waals surface area (Å²) in [4.78, 5) is 0. The molecule has 5 nitrogen and oxygen atoms in total. The van der Waals surface area contributed by atoms with E-state index in [1.807, 2.05) is 31.2 Å². The van der Waals surface area contributed by atoms with Crippen LogP contribution in [-0.2, 0) is 21.3 Å². The molecular formula is C15H22N2O3S. The van der Waals surface area contributed by atoms with Gasteiger partial charge in [0.05, 0.1) is 17.5 Å². The van der Waals surface area contributed by atoms with Crippen molar-refractivity contribution in [1.29, 1.82) is 0 Å². The van der Waals surface area contributed by atoms with Crippen LogP contribution in [0.5, 0.6) is 0 Å². The molecule has 0 amide bonds. The van der Waals surface area contributed by atoms with Crippen molar-refractivity contribution >= 4 is 15.7 Å². The number of ether oxygens (including phenoxy) is 1. The molecule has 2 atom stereocenters. The summed E-state index contributed by atoms with van der Waals surface area (Å²) in [6, 6.07) is 7.83. The lowest BCUT2D eigenvalue weighted by atomic mass is 10.2. The van der Waals surface area contributed by atoms with Crippen LogP contribution in [0.3, 0.4) is 0 Å². The maximum absolute atomic E-state index is 12.8. The molecule has 1 saturated heterocycles. The number of hydrogen-bond acceptors (Lipinski definition) is 4. The highest BCUT2D eigenvalue weighted by atomic mass is 32.2. The smallest absolute Gasteiger partial charge is 0.237 e. The minimum absolute atomic E-state index is 0.0774. The predicted molar refractivity (Wildman–Crippen MR) is 82.9 cm³/mol. The van der Waals surface area contributed by atoms with E-state index in [0.29, 0.717) is 19.7 Å². The predicted octanol–water partition coefficient (Wildman–Crippen LogP) is 1.49. The Balaban J connectivity index is 1.91. The molecule has 2 unspecified atom stereocenters. The fraction of sp³-hybridized carbons (Fsp3) is 0.600. The van der Waals surface area contributed by atoms with Crippen LogP contribution in [0.2, 0.25) is 0 Å². The molecule has 116 valence electrons. The highest BCUT2D eigenvalue weighted by Gasteiger charge is 2.32. The van der Waals surface area contributed by atoms with Gasteiger partial charge in [0.25, 0.3) is 0 Å². The average molecular weight is 310 g/mol. The van der Waals surface area contributed by atoms with Crippen LogP contribution in [0.1, 0.15) is 25.3 Å². The standard InChI is InChI=1S/C15H22N2O3S/c1-12-10-17(15-7-3-2-5-13(15)9-16-12)21(18,19)11-14-6-4-8-20-14/h2-3,5,7,12,14,16H,4,6,8-11H2,1H3. The molecule has 3 rings (SSSR count). The van der Waals surface area contributed by atoms with Gasteiger partial charge in [-0.15, -0.1) is 0 Å². The van der Waals surface area contributed by atoms with Crippen molar-refractivity contribution in [2.24, 2.45) is 0 Å². The zero-order valence-corrected chi connectivity index (χ0v) is 13.1. The third-order valence-electron chi connectivity index (χ3n) is 4.10. The normalized spacial score (nSPS) is 26.4. The average Bonchev–Trinajstić information content (AvgIpc) is 2.88. The molecule has 0 bridgehead atoms. The van der Waals surface area contributed by atoms with Gasteiger partial charge in [-0.25, -0.2) is 8.42 Å². The van der Waals surface area contributed by atoms with Gasteiger partial charge in [-0.1, -0.05) is 18.2 Å². The van der Waals surface area contributed by atoms with E-state index in [1.165, 1.54) is 0 Å². The largest absolute Gasteiger partial charge is 0.377 e. The zero-order chi connectivity index (χ0) is 14.9. The molecule has 0 saturated carbocycles. The summed E-state index contributed by atoms with van der Waals surface area (Å²) in [6.45, 7) is 3.85. The monoisotopic (exact) mass is 310 g/mol. The van der Waals surface area contributed by atoms with E-state index in [-0.39, 0.29) is 17.9 Å². The summed E-state index contributed by atoms with van der Waals surface area (Å²) in [5.41, 5.74) is 1.82. The molecule has 0 aromatic heterocycles. The van der Waals surface area contributed by atoms with E-state index in [1.54, 1.807) is 4.31 Å². The van der Waals surface area contributed by atoms with E-state index in [0.717, 1.165) is 24.1 Å². The van der Waals surface area contributed by atoms with Crippen molar-refractivity contribution in [2.45, 2.75) is 38.5 Å². The summed E-state index contributed by atoms with van der Waals surface area (Å²) in [5, 5.41) is 3.36. The van der Waals surface area contributed by atoms with E-state index >= 15 is 0 Å². The van der Waals surface area contributed by atoms with Gasteiger partial charge in [0.15, 0.2) is 0 Å². The van der Waals surface area contributed by atoms with Gasteiger partial charge in [0.2, 0.25) is 10.0 Å². The van der Waals surface area contributed by atoms with Crippen LogP contribution in [0, 0.1) is 0 Å². The number of rotatable bonds is 3. The molecule has 2 aliphatic heterocycles. The van der Waals surface area contributed by atoms with Crippen LogP contribution < -0.4 is 9.62 Å². The first-order valence-corrected chi connectivity index (χ1v) is 9.10. The third-order valence-corrected chi connectivity index (χ3v) is 5.91. The Morgan fingerprint density at radius 1 is 1.38 bits per heavy atom. The van der Waals surface area contributed by atoms with Gasteiger partial charge in [-0.3, -0.25) is 4.31 Å². The number of nitrogens with one attached hydrogen (secondary N) is 1. The molecule has 6 heteroatoms. The fourth-order valence-electron chi connectivity index (χ4n) is 2.96. The SMILES string of the molecule is CC1CN(S(=O)(=O)CC2CCCO2)c2ccccc2CN1. The second-order valence-electron chi connectivity index (χ2n) is 5.86. The van der Waals surface area contributed by atoms with Crippen molar-refractivity contribution in [3.8, 4) is 0 Å². The lowest BCUT2D eigenvalue weighted by Crippen LogP contribution is -2.42. The summed E-state index contributed by atoms with van der Waals surface area (Å²) in [7, 11) is -3.37. The third kappa shape index (κ3) is 3.22. The maximum atomic E-state index is 12.8. The van der Waals surface area contributed by atoms with Gasteiger partial charge in [-0.05, 0) is 31.4 Å². The van der Waals surface area contributed by atoms with Gasteiger partial charge in [-0.2, -0.15) is 0 Å². The summed E-state index contributed by atoms with van der Waals surface area (Å²) in [5.74, 6) is 0.0774. The van der Waals surface area contributed by atoms with E-state index in [4.69, 9.17) is 4.74 Å². The Hall–Kier alpha value is -1.11. The Kier molecular flexibility index (Phi) is 4.19. The Morgan fingerprint density at radius 3 is 2.95 bits per heavy atom. The molecule has 0 spiro atoms. The zero-order valence-electron chi connectivity index (χ0n) is 12.3. The van der Waals surface area contributed by atoms with Crippen LogP contribution in [0.4, 0.5) is 5.69 Å². The van der Waals surface area contributed by atoms with E-state index in [2.05, 4.69) is 5.32 Å². The van der Waals surface area contributed by atoms with Crippen LogP contribution in [-0.4, -0.2) is 39.5 Å². The maximum Gasteiger partial charge on any atom is 0.237 e. The molecule has 1 fully saturated rings. The lowest BCUT2D eigenvalue weighted by Gasteiger charge is -2.27. The number of hydrogen-bond donors (Lipinski definition) is 1. The van der Waals surface area contributed by atoms with Crippen LogP contribution in [0.15, 0.2) is 24.3 Å². The summed E-state index contributed by atoms with van der Waals surface area (Å²) in [6.07, 6.45) is 1.63. The van der Waals surface area contributed by atoms with Crippen LogP contribution >= 0.6 is 0 Å². The van der Waals surface area contributed by atoms with Gasteiger partial charge in [0.1, 0.15) is 0 Å². The minimum Gasteiger partial charge on any atom is -0.377 e. The van der Waals surface area contributed by atoms with Crippen molar-refractivity contribution in [3.63, 3.8) is 0 Å². The number of anilines is 1. The van der Waals surface area contributed by atoms with Crippen molar-refractivity contribution in [1.82, 2.24) is 5.32 Å². The van der Waals surface area contributed by atoms with Gasteiger partial charge in [0, 0.05) is 25.7 Å². The summed E-state index contributed by atoms with van der Waals surface area (Å²) >= 11 is 0.